The first-order valence-corrected chi connectivity index (χ1v) is 9.96. The smallest absolute Gasteiger partial charge is 0.238 e. The molecule has 0 heterocycles. The van der Waals surface area contributed by atoms with Crippen LogP contribution in [0.25, 0.3) is 0 Å². The van der Waals surface area contributed by atoms with Crippen molar-refractivity contribution in [3.05, 3.63) is 64.7 Å². The van der Waals surface area contributed by atoms with Crippen LogP contribution < -0.4 is 15.8 Å². The molecule has 7 heteroatoms. The van der Waals surface area contributed by atoms with Crippen LogP contribution in [0.1, 0.15) is 22.3 Å². The Morgan fingerprint density at radius 1 is 1.04 bits per heavy atom. The Hall–Kier alpha value is -2.38. The normalized spacial score (nSPS) is 12.1. The maximum absolute atomic E-state index is 11.4. The summed E-state index contributed by atoms with van der Waals surface area (Å²) >= 11 is 0. The summed E-state index contributed by atoms with van der Waals surface area (Å²) in [5.41, 5.74) is 4.62. The molecule has 0 aromatic heterocycles. The second-order valence-corrected chi connectivity index (χ2v) is 7.85. The Bertz CT molecular complexity index is 872. The third-order valence-electron chi connectivity index (χ3n) is 3.90. The van der Waals surface area contributed by atoms with Crippen LogP contribution in [0.2, 0.25) is 0 Å². The fourth-order valence-electron chi connectivity index (χ4n) is 2.78. The minimum absolute atomic E-state index is 0.106. The van der Waals surface area contributed by atoms with E-state index in [9.17, 15) is 8.42 Å². The van der Waals surface area contributed by atoms with Gasteiger partial charge in [-0.2, -0.15) is 0 Å². The van der Waals surface area contributed by atoms with Crippen molar-refractivity contribution in [1.82, 2.24) is 10.6 Å². The first-order valence-electron chi connectivity index (χ1n) is 8.41. The van der Waals surface area contributed by atoms with Crippen molar-refractivity contribution in [2.24, 2.45) is 10.1 Å². The molecular formula is C19H26N4O2S. The number of nitrogens with two attached hydrogens (primary N) is 1. The molecule has 0 aliphatic carbocycles. The van der Waals surface area contributed by atoms with Gasteiger partial charge in [0.25, 0.3) is 0 Å². The van der Waals surface area contributed by atoms with Gasteiger partial charge in [-0.15, -0.1) is 0 Å². The van der Waals surface area contributed by atoms with Crippen LogP contribution in [-0.2, 0) is 23.0 Å². The number of nitrogens with one attached hydrogen (secondary N) is 2. The van der Waals surface area contributed by atoms with Gasteiger partial charge in [-0.25, -0.2) is 13.6 Å². The van der Waals surface area contributed by atoms with Gasteiger partial charge < -0.3 is 10.6 Å². The van der Waals surface area contributed by atoms with Crippen molar-refractivity contribution < 1.29 is 8.42 Å². The molecule has 0 fully saturated rings. The molecule has 0 unspecified atom stereocenters. The molecule has 0 aliphatic rings. The second kappa shape index (κ2) is 8.82. The zero-order chi connectivity index (χ0) is 19.2. The van der Waals surface area contributed by atoms with Crippen LogP contribution in [0.15, 0.2) is 52.4 Å². The summed E-state index contributed by atoms with van der Waals surface area (Å²) in [5.74, 6) is 0.662. The lowest BCUT2D eigenvalue weighted by Gasteiger charge is -2.13. The highest BCUT2D eigenvalue weighted by Gasteiger charge is 2.08. The lowest BCUT2D eigenvalue weighted by molar-refractivity contribution is 0.597. The van der Waals surface area contributed by atoms with Crippen molar-refractivity contribution in [1.29, 1.82) is 0 Å². The number of benzene rings is 2. The van der Waals surface area contributed by atoms with Gasteiger partial charge in [0, 0.05) is 20.1 Å². The van der Waals surface area contributed by atoms with E-state index in [-0.39, 0.29) is 4.90 Å². The molecule has 6 nitrogen and oxygen atoms in total. The Morgan fingerprint density at radius 2 is 1.73 bits per heavy atom. The zero-order valence-corrected chi connectivity index (χ0v) is 16.2. The number of primary sulfonamides is 1. The van der Waals surface area contributed by atoms with Gasteiger partial charge in [-0.05, 0) is 43.5 Å². The maximum atomic E-state index is 11.4. The molecular weight excluding hydrogens is 348 g/mol. The van der Waals surface area contributed by atoms with E-state index in [2.05, 4.69) is 47.7 Å². The van der Waals surface area contributed by atoms with Crippen LogP contribution in [0.3, 0.4) is 0 Å². The van der Waals surface area contributed by atoms with Gasteiger partial charge >= 0.3 is 0 Å². The number of rotatable bonds is 6. The van der Waals surface area contributed by atoms with Crippen molar-refractivity contribution in [2.45, 2.75) is 31.7 Å². The largest absolute Gasteiger partial charge is 0.356 e. The van der Waals surface area contributed by atoms with E-state index >= 15 is 0 Å². The molecule has 0 saturated carbocycles. The zero-order valence-electron chi connectivity index (χ0n) is 15.4. The maximum Gasteiger partial charge on any atom is 0.238 e. The minimum atomic E-state index is -3.70. The molecule has 0 bridgehead atoms. The summed E-state index contributed by atoms with van der Waals surface area (Å²) in [6.45, 7) is 5.40. The van der Waals surface area contributed by atoms with Gasteiger partial charge in [0.05, 0.1) is 4.90 Å². The molecule has 0 aliphatic heterocycles. The topological polar surface area (TPSA) is 96.6 Å². The highest BCUT2D eigenvalue weighted by molar-refractivity contribution is 7.89. The van der Waals surface area contributed by atoms with E-state index in [1.807, 2.05) is 6.07 Å². The molecule has 0 spiro atoms. The Morgan fingerprint density at radius 3 is 2.35 bits per heavy atom. The van der Waals surface area contributed by atoms with Gasteiger partial charge in [0.1, 0.15) is 0 Å². The monoisotopic (exact) mass is 374 g/mol. The van der Waals surface area contributed by atoms with E-state index in [0.717, 1.165) is 18.5 Å². The SMILES string of the molecule is CN=C(NCCc1cc(C)cc(C)c1)NCc1cccc(S(N)(=O)=O)c1. The van der Waals surface area contributed by atoms with Crippen LogP contribution in [-0.4, -0.2) is 28.0 Å². The van der Waals surface area contributed by atoms with Gasteiger partial charge in [0.2, 0.25) is 10.0 Å². The van der Waals surface area contributed by atoms with Gasteiger partial charge in [-0.3, -0.25) is 4.99 Å². The number of aliphatic imine (C=N–C) groups is 1. The lowest BCUT2D eigenvalue weighted by Crippen LogP contribution is -2.37. The van der Waals surface area contributed by atoms with E-state index in [1.54, 1.807) is 19.2 Å². The Labute approximate surface area is 155 Å². The van der Waals surface area contributed by atoms with Crippen molar-refractivity contribution in [3.8, 4) is 0 Å². The Kier molecular flexibility index (Phi) is 6.76. The quantitative estimate of drug-likeness (QED) is 0.531. The van der Waals surface area contributed by atoms with Crippen molar-refractivity contribution >= 4 is 16.0 Å². The summed E-state index contributed by atoms with van der Waals surface area (Å²) in [4.78, 5) is 4.30. The van der Waals surface area contributed by atoms with Gasteiger partial charge in [0.15, 0.2) is 5.96 Å². The first-order chi connectivity index (χ1) is 12.3. The number of aryl methyl sites for hydroxylation is 2. The lowest BCUT2D eigenvalue weighted by atomic mass is 10.1. The van der Waals surface area contributed by atoms with Crippen LogP contribution >= 0.6 is 0 Å². The fourth-order valence-corrected chi connectivity index (χ4v) is 3.36. The van der Waals surface area contributed by atoms with Crippen LogP contribution in [0.4, 0.5) is 0 Å². The minimum Gasteiger partial charge on any atom is -0.356 e. The predicted octanol–water partition coefficient (Wildman–Crippen LogP) is 1.86. The Balaban J connectivity index is 1.88. The summed E-state index contributed by atoms with van der Waals surface area (Å²) in [6.07, 6.45) is 0.893. The van der Waals surface area contributed by atoms with Crippen LogP contribution in [0.5, 0.6) is 0 Å². The molecule has 4 N–H and O–H groups in total. The molecule has 26 heavy (non-hydrogen) atoms. The van der Waals surface area contributed by atoms with Crippen molar-refractivity contribution in [2.75, 3.05) is 13.6 Å². The third-order valence-corrected chi connectivity index (χ3v) is 4.81. The molecule has 0 atom stereocenters. The fraction of sp³-hybridized carbons (Fsp3) is 0.316. The van der Waals surface area contributed by atoms with Crippen molar-refractivity contribution in [3.63, 3.8) is 0 Å². The number of nitrogens with zero attached hydrogens (tertiary/aromatic N) is 1. The predicted molar refractivity (Wildman–Crippen MR) is 106 cm³/mol. The summed E-state index contributed by atoms with van der Waals surface area (Å²) in [7, 11) is -1.99. The molecule has 0 amide bonds. The van der Waals surface area contributed by atoms with E-state index in [0.29, 0.717) is 12.5 Å². The summed E-state index contributed by atoms with van der Waals surface area (Å²) in [5, 5.41) is 11.6. The highest BCUT2D eigenvalue weighted by atomic mass is 32.2. The number of hydrogen-bond acceptors (Lipinski definition) is 3. The molecule has 2 aromatic rings. The number of sulfonamides is 1. The van der Waals surface area contributed by atoms with Gasteiger partial charge in [-0.1, -0.05) is 41.5 Å². The molecule has 0 radical (unpaired) electrons. The number of hydrogen-bond donors (Lipinski definition) is 3. The standard InChI is InChI=1S/C19H26N4O2S/c1-14-9-15(2)11-16(10-14)7-8-22-19(21-3)23-13-17-5-4-6-18(12-17)26(20,24)25/h4-6,9-12H,7-8,13H2,1-3H3,(H2,20,24,25)(H2,21,22,23). The summed E-state index contributed by atoms with van der Waals surface area (Å²) < 4.78 is 22.8. The van der Waals surface area contributed by atoms with E-state index in [1.165, 1.54) is 22.8 Å². The highest BCUT2D eigenvalue weighted by Crippen LogP contribution is 2.10. The molecule has 2 rings (SSSR count). The van der Waals surface area contributed by atoms with E-state index < -0.39 is 10.0 Å². The van der Waals surface area contributed by atoms with E-state index in [4.69, 9.17) is 5.14 Å². The average Bonchev–Trinajstić information content (AvgIpc) is 2.56. The van der Waals surface area contributed by atoms with Crippen LogP contribution in [0, 0.1) is 13.8 Å². The third kappa shape index (κ3) is 6.16. The number of guanidine groups is 1. The molecule has 2 aromatic carbocycles. The average molecular weight is 375 g/mol. The summed E-state index contributed by atoms with van der Waals surface area (Å²) in [6, 6.07) is 13.1. The molecule has 0 saturated heterocycles. The molecule has 140 valence electrons. The first kappa shape index (κ1) is 19.9. The second-order valence-electron chi connectivity index (χ2n) is 6.29.